The van der Waals surface area contributed by atoms with Crippen molar-refractivity contribution in [2.24, 2.45) is 0 Å². The third-order valence-electron chi connectivity index (χ3n) is 3.44. The molecular formula is C14H18N4O. The van der Waals surface area contributed by atoms with Crippen LogP contribution < -0.4 is 5.32 Å². The van der Waals surface area contributed by atoms with Crippen LogP contribution in [0.5, 0.6) is 0 Å². The number of rotatable bonds is 4. The van der Waals surface area contributed by atoms with Crippen molar-refractivity contribution in [2.45, 2.75) is 19.0 Å². The Morgan fingerprint density at radius 1 is 1.32 bits per heavy atom. The van der Waals surface area contributed by atoms with Gasteiger partial charge in [0.05, 0.1) is 6.54 Å². The first-order valence-corrected chi connectivity index (χ1v) is 6.65. The van der Waals surface area contributed by atoms with E-state index in [9.17, 15) is 0 Å². The van der Waals surface area contributed by atoms with E-state index in [2.05, 4.69) is 50.7 Å². The fraction of sp³-hybridized carbons (Fsp3) is 0.429. The highest BCUT2D eigenvalue weighted by molar-refractivity contribution is 5.16. The second-order valence-corrected chi connectivity index (χ2v) is 4.92. The van der Waals surface area contributed by atoms with Crippen LogP contribution in [0.25, 0.3) is 0 Å². The molecule has 1 fully saturated rings. The Bertz CT molecular complexity index is 485. The van der Waals surface area contributed by atoms with Crippen molar-refractivity contribution in [3.05, 3.63) is 48.1 Å². The molecule has 1 N–H and O–H groups in total. The van der Waals surface area contributed by atoms with Gasteiger partial charge in [0.15, 0.2) is 5.82 Å². The van der Waals surface area contributed by atoms with E-state index in [1.165, 1.54) is 12.0 Å². The second kappa shape index (κ2) is 5.95. The van der Waals surface area contributed by atoms with Crippen LogP contribution in [0.15, 0.2) is 41.2 Å². The summed E-state index contributed by atoms with van der Waals surface area (Å²) in [6.45, 7) is 3.82. The predicted octanol–water partition coefficient (Wildman–Crippen LogP) is 1.09. The number of aromatic nitrogens is 2. The van der Waals surface area contributed by atoms with E-state index in [1.54, 1.807) is 0 Å². The molecule has 0 spiro atoms. The quantitative estimate of drug-likeness (QED) is 0.889. The zero-order valence-electron chi connectivity index (χ0n) is 10.8. The molecule has 3 rings (SSSR count). The van der Waals surface area contributed by atoms with Crippen molar-refractivity contribution in [1.82, 2.24) is 20.4 Å². The Hall–Kier alpha value is -1.72. The van der Waals surface area contributed by atoms with E-state index >= 15 is 0 Å². The van der Waals surface area contributed by atoms with Crippen molar-refractivity contribution < 1.29 is 4.52 Å². The third-order valence-corrected chi connectivity index (χ3v) is 3.44. The summed E-state index contributed by atoms with van der Waals surface area (Å²) in [4.78, 5) is 6.45. The number of hydrogen-bond donors (Lipinski definition) is 1. The summed E-state index contributed by atoms with van der Waals surface area (Å²) >= 11 is 0. The van der Waals surface area contributed by atoms with E-state index in [4.69, 9.17) is 4.52 Å². The SMILES string of the molecule is c1ccc(CC2CN(Cc3ncon3)CCN2)cc1. The molecular weight excluding hydrogens is 240 g/mol. The number of nitrogens with zero attached hydrogens (tertiary/aromatic N) is 3. The molecule has 0 radical (unpaired) electrons. The van der Waals surface area contributed by atoms with Gasteiger partial charge in [0, 0.05) is 25.7 Å². The Balaban J connectivity index is 1.56. The molecule has 1 aliphatic heterocycles. The van der Waals surface area contributed by atoms with Crippen LogP contribution in [0.1, 0.15) is 11.4 Å². The van der Waals surface area contributed by atoms with Crippen molar-refractivity contribution in [3.63, 3.8) is 0 Å². The molecule has 5 heteroatoms. The van der Waals surface area contributed by atoms with E-state index in [-0.39, 0.29) is 0 Å². The van der Waals surface area contributed by atoms with Crippen molar-refractivity contribution in [3.8, 4) is 0 Å². The van der Waals surface area contributed by atoms with E-state index < -0.39 is 0 Å². The molecule has 5 nitrogen and oxygen atoms in total. The first-order valence-electron chi connectivity index (χ1n) is 6.65. The summed E-state index contributed by atoms with van der Waals surface area (Å²) in [5.41, 5.74) is 1.38. The smallest absolute Gasteiger partial charge is 0.213 e. The lowest BCUT2D eigenvalue weighted by atomic mass is 10.0. The van der Waals surface area contributed by atoms with E-state index in [0.717, 1.165) is 38.4 Å². The highest BCUT2D eigenvalue weighted by Crippen LogP contribution is 2.09. The molecule has 0 amide bonds. The fourth-order valence-corrected chi connectivity index (χ4v) is 2.54. The van der Waals surface area contributed by atoms with Gasteiger partial charge in [-0.1, -0.05) is 35.5 Å². The summed E-state index contributed by atoms with van der Waals surface area (Å²) in [7, 11) is 0. The maximum Gasteiger partial charge on any atom is 0.213 e. The van der Waals surface area contributed by atoms with Crippen molar-refractivity contribution in [1.29, 1.82) is 0 Å². The highest BCUT2D eigenvalue weighted by Gasteiger charge is 2.20. The number of nitrogens with one attached hydrogen (secondary N) is 1. The fourth-order valence-electron chi connectivity index (χ4n) is 2.54. The van der Waals surface area contributed by atoms with Crippen molar-refractivity contribution >= 4 is 0 Å². The molecule has 1 aliphatic rings. The van der Waals surface area contributed by atoms with Crippen LogP contribution in [0.3, 0.4) is 0 Å². The molecule has 2 aromatic rings. The lowest BCUT2D eigenvalue weighted by Gasteiger charge is -2.33. The van der Waals surface area contributed by atoms with Gasteiger partial charge in [-0.25, -0.2) is 0 Å². The molecule has 19 heavy (non-hydrogen) atoms. The molecule has 1 aromatic carbocycles. The number of hydrogen-bond acceptors (Lipinski definition) is 5. The Morgan fingerprint density at radius 2 is 2.21 bits per heavy atom. The summed E-state index contributed by atoms with van der Waals surface area (Å²) < 4.78 is 4.78. The normalized spacial score (nSPS) is 20.5. The Morgan fingerprint density at radius 3 is 3.00 bits per heavy atom. The molecule has 1 atom stereocenters. The van der Waals surface area contributed by atoms with Gasteiger partial charge in [-0.2, -0.15) is 4.98 Å². The van der Waals surface area contributed by atoms with Crippen LogP contribution >= 0.6 is 0 Å². The summed E-state index contributed by atoms with van der Waals surface area (Å²) in [6.07, 6.45) is 2.45. The maximum atomic E-state index is 4.78. The molecule has 1 aromatic heterocycles. The molecule has 0 bridgehead atoms. The first kappa shape index (κ1) is 12.3. The van der Waals surface area contributed by atoms with E-state index in [0.29, 0.717) is 6.04 Å². The number of benzene rings is 1. The average molecular weight is 258 g/mol. The van der Waals surface area contributed by atoms with Gasteiger partial charge in [0.2, 0.25) is 6.39 Å². The first-order chi connectivity index (χ1) is 9.40. The predicted molar refractivity (Wildman–Crippen MR) is 71.5 cm³/mol. The van der Waals surface area contributed by atoms with Gasteiger partial charge in [0.25, 0.3) is 0 Å². The number of piperazine rings is 1. The summed E-state index contributed by atoms with van der Waals surface area (Å²) in [6, 6.07) is 11.1. The maximum absolute atomic E-state index is 4.78. The van der Waals surface area contributed by atoms with Gasteiger partial charge >= 0.3 is 0 Å². The average Bonchev–Trinajstić information content (AvgIpc) is 2.93. The molecule has 0 saturated carbocycles. The van der Waals surface area contributed by atoms with E-state index in [1.807, 2.05) is 0 Å². The van der Waals surface area contributed by atoms with Crippen molar-refractivity contribution in [2.75, 3.05) is 19.6 Å². The lowest BCUT2D eigenvalue weighted by molar-refractivity contribution is 0.186. The standard InChI is InChI=1S/C14H18N4O/c1-2-4-12(5-3-1)8-13-9-18(7-6-15-13)10-14-16-11-19-17-14/h1-5,11,13,15H,6-10H2. The topological polar surface area (TPSA) is 54.2 Å². The highest BCUT2D eigenvalue weighted by atomic mass is 16.5. The molecule has 100 valence electrons. The zero-order chi connectivity index (χ0) is 12.9. The van der Waals surface area contributed by atoms with Crippen LogP contribution in [-0.2, 0) is 13.0 Å². The Labute approximate surface area is 112 Å². The van der Waals surface area contributed by atoms with Crippen LogP contribution in [0.4, 0.5) is 0 Å². The van der Waals surface area contributed by atoms with Gasteiger partial charge < -0.3 is 9.84 Å². The minimum atomic E-state index is 0.489. The van der Waals surface area contributed by atoms with Crippen LogP contribution in [0.2, 0.25) is 0 Å². The monoisotopic (exact) mass is 258 g/mol. The lowest BCUT2D eigenvalue weighted by Crippen LogP contribution is -2.51. The van der Waals surface area contributed by atoms with Gasteiger partial charge in [-0.05, 0) is 12.0 Å². The minimum absolute atomic E-state index is 0.489. The minimum Gasteiger partial charge on any atom is -0.343 e. The largest absolute Gasteiger partial charge is 0.343 e. The van der Waals surface area contributed by atoms with Gasteiger partial charge in [-0.3, -0.25) is 4.90 Å². The third kappa shape index (κ3) is 3.39. The van der Waals surface area contributed by atoms with Crippen LogP contribution in [0, 0.1) is 0 Å². The Kier molecular flexibility index (Phi) is 3.86. The molecule has 1 unspecified atom stereocenters. The molecule has 2 heterocycles. The second-order valence-electron chi connectivity index (χ2n) is 4.92. The van der Waals surface area contributed by atoms with Gasteiger partial charge in [0.1, 0.15) is 0 Å². The molecule has 1 saturated heterocycles. The zero-order valence-corrected chi connectivity index (χ0v) is 10.8. The van der Waals surface area contributed by atoms with Crippen LogP contribution in [-0.4, -0.2) is 40.7 Å². The molecule has 0 aliphatic carbocycles. The summed E-state index contributed by atoms with van der Waals surface area (Å²) in [5, 5.41) is 7.44. The van der Waals surface area contributed by atoms with Gasteiger partial charge in [-0.15, -0.1) is 0 Å². The summed E-state index contributed by atoms with van der Waals surface area (Å²) in [5.74, 6) is 0.764.